The number of aromatic amines is 1. The van der Waals surface area contributed by atoms with E-state index in [0.717, 1.165) is 22.5 Å². The van der Waals surface area contributed by atoms with Crippen molar-refractivity contribution in [3.05, 3.63) is 29.6 Å². The summed E-state index contributed by atoms with van der Waals surface area (Å²) in [7, 11) is 0. The smallest absolute Gasteiger partial charge is 0.125 e. The first-order chi connectivity index (χ1) is 7.09. The van der Waals surface area contributed by atoms with Crippen LogP contribution in [0.25, 0.3) is 11.1 Å². The monoisotopic (exact) mass is 203 g/mol. The van der Waals surface area contributed by atoms with Gasteiger partial charge in [0, 0.05) is 28.6 Å². The Hall–Kier alpha value is -1.97. The Morgan fingerprint density at radius 3 is 2.60 bits per heavy atom. The van der Waals surface area contributed by atoms with Crippen LogP contribution in [-0.2, 0) is 0 Å². The molecule has 1 heterocycles. The second kappa shape index (κ2) is 3.31. The normalized spacial score (nSPS) is 10.5. The minimum absolute atomic E-state index is 0.183. The fraction of sp³-hybridized carbons (Fsp3) is 0.182. The molecule has 1 aromatic heterocycles. The van der Waals surface area contributed by atoms with Crippen molar-refractivity contribution in [2.24, 2.45) is 0 Å². The zero-order valence-corrected chi connectivity index (χ0v) is 8.70. The molecule has 0 saturated carbocycles. The van der Waals surface area contributed by atoms with Crippen LogP contribution in [0.4, 0.5) is 5.69 Å². The van der Waals surface area contributed by atoms with E-state index in [0.29, 0.717) is 5.69 Å². The Balaban J connectivity index is 2.64. The highest BCUT2D eigenvalue weighted by Gasteiger charge is 2.12. The molecule has 2 rings (SSSR count). The molecule has 0 radical (unpaired) electrons. The van der Waals surface area contributed by atoms with Crippen molar-refractivity contribution in [1.82, 2.24) is 10.2 Å². The van der Waals surface area contributed by atoms with Crippen LogP contribution in [0.15, 0.2) is 18.2 Å². The molecule has 1 aromatic carbocycles. The Kier molecular flexibility index (Phi) is 2.11. The fourth-order valence-corrected chi connectivity index (χ4v) is 1.71. The maximum Gasteiger partial charge on any atom is 0.125 e. The van der Waals surface area contributed by atoms with E-state index in [1.54, 1.807) is 18.2 Å². The van der Waals surface area contributed by atoms with Gasteiger partial charge in [0.1, 0.15) is 5.75 Å². The molecular weight excluding hydrogens is 190 g/mol. The zero-order valence-electron chi connectivity index (χ0n) is 8.70. The molecule has 4 N–H and O–H groups in total. The van der Waals surface area contributed by atoms with Gasteiger partial charge in [0.2, 0.25) is 0 Å². The largest absolute Gasteiger partial charge is 0.507 e. The van der Waals surface area contributed by atoms with E-state index in [1.807, 2.05) is 13.8 Å². The highest BCUT2D eigenvalue weighted by molar-refractivity contribution is 5.75. The van der Waals surface area contributed by atoms with Crippen molar-refractivity contribution in [2.75, 3.05) is 5.73 Å². The molecule has 0 unspecified atom stereocenters. The van der Waals surface area contributed by atoms with Crippen LogP contribution in [0.1, 0.15) is 11.4 Å². The quantitative estimate of drug-likeness (QED) is 0.620. The number of phenols is 1. The number of phenolic OH excluding ortho intramolecular Hbond substituents is 1. The lowest BCUT2D eigenvalue weighted by Crippen LogP contribution is -1.87. The van der Waals surface area contributed by atoms with Crippen LogP contribution in [0.2, 0.25) is 0 Å². The van der Waals surface area contributed by atoms with Crippen LogP contribution in [0.5, 0.6) is 5.75 Å². The predicted octanol–water partition coefficient (Wildman–Crippen LogP) is 1.98. The summed E-state index contributed by atoms with van der Waals surface area (Å²) in [5.74, 6) is 0.183. The van der Waals surface area contributed by atoms with Crippen molar-refractivity contribution >= 4 is 5.69 Å². The van der Waals surface area contributed by atoms with Gasteiger partial charge in [0.15, 0.2) is 0 Å². The second-order valence-corrected chi connectivity index (χ2v) is 3.59. The zero-order chi connectivity index (χ0) is 11.0. The van der Waals surface area contributed by atoms with Gasteiger partial charge < -0.3 is 10.8 Å². The van der Waals surface area contributed by atoms with Gasteiger partial charge in [0.25, 0.3) is 0 Å². The number of nitrogen functional groups attached to an aromatic ring is 1. The molecule has 0 spiro atoms. The molecule has 0 saturated heterocycles. The van der Waals surface area contributed by atoms with Gasteiger partial charge in [-0.25, -0.2) is 0 Å². The van der Waals surface area contributed by atoms with Crippen molar-refractivity contribution in [1.29, 1.82) is 0 Å². The molecule has 0 aliphatic rings. The van der Waals surface area contributed by atoms with Gasteiger partial charge >= 0.3 is 0 Å². The number of benzene rings is 1. The average molecular weight is 203 g/mol. The number of rotatable bonds is 1. The predicted molar refractivity (Wildman–Crippen MR) is 59.6 cm³/mol. The number of hydrogen-bond donors (Lipinski definition) is 3. The molecule has 2 aromatic rings. The molecule has 78 valence electrons. The van der Waals surface area contributed by atoms with Crippen LogP contribution >= 0.6 is 0 Å². The summed E-state index contributed by atoms with van der Waals surface area (Å²) < 4.78 is 0. The summed E-state index contributed by atoms with van der Waals surface area (Å²) in [5.41, 5.74) is 9.63. The maximum atomic E-state index is 9.79. The maximum absolute atomic E-state index is 9.79. The summed E-state index contributed by atoms with van der Waals surface area (Å²) in [6.07, 6.45) is 0. The van der Waals surface area contributed by atoms with Gasteiger partial charge in [-0.1, -0.05) is 0 Å². The SMILES string of the molecule is Cc1n[nH]c(C)c1-c1ccc(N)cc1O. The van der Waals surface area contributed by atoms with Crippen molar-refractivity contribution in [3.8, 4) is 16.9 Å². The Labute approximate surface area is 87.7 Å². The number of nitrogens with zero attached hydrogens (tertiary/aromatic N) is 1. The molecule has 4 heteroatoms. The van der Waals surface area contributed by atoms with E-state index >= 15 is 0 Å². The van der Waals surface area contributed by atoms with Gasteiger partial charge in [0.05, 0.1) is 5.69 Å². The van der Waals surface area contributed by atoms with E-state index in [9.17, 15) is 5.11 Å². The second-order valence-electron chi connectivity index (χ2n) is 3.59. The van der Waals surface area contributed by atoms with Gasteiger partial charge in [-0.05, 0) is 26.0 Å². The number of anilines is 1. The molecule has 0 fully saturated rings. The highest BCUT2D eigenvalue weighted by atomic mass is 16.3. The van der Waals surface area contributed by atoms with E-state index in [4.69, 9.17) is 5.73 Å². The lowest BCUT2D eigenvalue weighted by Gasteiger charge is -2.05. The van der Waals surface area contributed by atoms with E-state index < -0.39 is 0 Å². The first kappa shape index (κ1) is 9.58. The number of aryl methyl sites for hydroxylation is 2. The van der Waals surface area contributed by atoms with Gasteiger partial charge in [-0.15, -0.1) is 0 Å². The number of nitrogens with one attached hydrogen (secondary N) is 1. The molecular formula is C11H13N3O. The van der Waals surface area contributed by atoms with E-state index in [-0.39, 0.29) is 5.75 Å². The lowest BCUT2D eigenvalue weighted by atomic mass is 10.0. The molecule has 4 nitrogen and oxygen atoms in total. The van der Waals surface area contributed by atoms with Gasteiger partial charge in [-0.2, -0.15) is 5.10 Å². The van der Waals surface area contributed by atoms with Crippen molar-refractivity contribution in [2.45, 2.75) is 13.8 Å². The third-order valence-corrected chi connectivity index (χ3v) is 2.42. The lowest BCUT2D eigenvalue weighted by molar-refractivity contribution is 0.477. The van der Waals surface area contributed by atoms with Crippen LogP contribution < -0.4 is 5.73 Å². The number of aromatic nitrogens is 2. The summed E-state index contributed by atoms with van der Waals surface area (Å²) in [6.45, 7) is 3.82. The first-order valence-electron chi connectivity index (χ1n) is 4.70. The standard InChI is InChI=1S/C11H13N3O/c1-6-11(7(2)14-13-6)9-4-3-8(12)5-10(9)15/h3-5,15H,12H2,1-2H3,(H,13,14). The number of nitrogens with two attached hydrogens (primary N) is 1. The minimum Gasteiger partial charge on any atom is -0.507 e. The van der Waals surface area contributed by atoms with E-state index in [2.05, 4.69) is 10.2 Å². The third kappa shape index (κ3) is 1.54. The van der Waals surface area contributed by atoms with E-state index in [1.165, 1.54) is 0 Å². The molecule has 0 bridgehead atoms. The Morgan fingerprint density at radius 2 is 2.07 bits per heavy atom. The summed E-state index contributed by atoms with van der Waals surface area (Å²) in [5, 5.41) is 16.8. The highest BCUT2D eigenvalue weighted by Crippen LogP contribution is 2.33. The fourth-order valence-electron chi connectivity index (χ4n) is 1.71. The van der Waals surface area contributed by atoms with Crippen molar-refractivity contribution in [3.63, 3.8) is 0 Å². The summed E-state index contributed by atoms with van der Waals surface area (Å²) in [4.78, 5) is 0. The van der Waals surface area contributed by atoms with Crippen LogP contribution in [-0.4, -0.2) is 15.3 Å². The van der Waals surface area contributed by atoms with Gasteiger partial charge in [-0.3, -0.25) is 5.10 Å². The summed E-state index contributed by atoms with van der Waals surface area (Å²) in [6, 6.07) is 5.11. The first-order valence-corrected chi connectivity index (χ1v) is 4.70. The summed E-state index contributed by atoms with van der Waals surface area (Å²) >= 11 is 0. The third-order valence-electron chi connectivity index (χ3n) is 2.42. The number of hydrogen-bond acceptors (Lipinski definition) is 3. The topological polar surface area (TPSA) is 74.9 Å². The minimum atomic E-state index is 0.183. The van der Waals surface area contributed by atoms with Crippen LogP contribution in [0, 0.1) is 13.8 Å². The molecule has 0 atom stereocenters. The number of H-pyrrole nitrogens is 1. The molecule has 0 amide bonds. The Bertz CT molecular complexity index is 483. The molecule has 0 aliphatic carbocycles. The average Bonchev–Trinajstić information content (AvgIpc) is 2.48. The van der Waals surface area contributed by atoms with Crippen LogP contribution in [0.3, 0.4) is 0 Å². The molecule has 15 heavy (non-hydrogen) atoms. The van der Waals surface area contributed by atoms with Crippen molar-refractivity contribution < 1.29 is 5.11 Å². The Morgan fingerprint density at radius 1 is 1.33 bits per heavy atom. The number of aromatic hydroxyl groups is 1. The molecule has 0 aliphatic heterocycles.